The zero-order valence-electron chi connectivity index (χ0n) is 30.3. The normalized spacial score (nSPS) is 21.5. The van der Waals surface area contributed by atoms with Gasteiger partial charge < -0.3 is 26.0 Å². The number of amides is 4. The predicted molar refractivity (Wildman–Crippen MR) is 192 cm³/mol. The van der Waals surface area contributed by atoms with Gasteiger partial charge in [0.1, 0.15) is 43.9 Å². The highest BCUT2D eigenvalue weighted by Crippen LogP contribution is 2.32. The highest BCUT2D eigenvalue weighted by molar-refractivity contribution is 5.92. The molecule has 4 heterocycles. The van der Waals surface area contributed by atoms with Crippen molar-refractivity contribution in [3.63, 3.8) is 0 Å². The predicted octanol–water partition coefficient (Wildman–Crippen LogP) is 1.47. The first-order valence-corrected chi connectivity index (χ1v) is 18.2. The molecule has 1 fully saturated rings. The van der Waals surface area contributed by atoms with Crippen LogP contribution in [0.2, 0.25) is 0 Å². The summed E-state index contributed by atoms with van der Waals surface area (Å²) >= 11 is 0. The summed E-state index contributed by atoms with van der Waals surface area (Å²) in [5.74, 6) is 0.706. The van der Waals surface area contributed by atoms with E-state index in [9.17, 15) is 19.2 Å². The molecule has 4 N–H and O–H groups in total. The number of benzene rings is 2. The second kappa shape index (κ2) is 17.2. The minimum absolute atomic E-state index is 0.101. The van der Waals surface area contributed by atoms with Gasteiger partial charge in [0, 0.05) is 12.8 Å². The number of nitrogens with zero attached hydrogens (tertiary/aromatic N) is 7. The van der Waals surface area contributed by atoms with Crippen LogP contribution in [-0.4, -0.2) is 83.3 Å². The number of hydrogen-bond donors (Lipinski definition) is 4. The van der Waals surface area contributed by atoms with Crippen molar-refractivity contribution in [2.75, 3.05) is 6.61 Å². The molecule has 280 valence electrons. The zero-order chi connectivity index (χ0) is 37.3. The van der Waals surface area contributed by atoms with Gasteiger partial charge >= 0.3 is 0 Å². The Balaban J connectivity index is 1.32. The summed E-state index contributed by atoms with van der Waals surface area (Å²) in [7, 11) is 0. The van der Waals surface area contributed by atoms with E-state index >= 15 is 0 Å². The van der Waals surface area contributed by atoms with E-state index in [4.69, 9.17) is 14.8 Å². The number of carbonyl (C=O) groups is 4. The van der Waals surface area contributed by atoms with Crippen molar-refractivity contribution in [1.29, 1.82) is 0 Å². The zero-order valence-corrected chi connectivity index (χ0v) is 30.3. The smallest absolute Gasteiger partial charge is 0.243 e. The van der Waals surface area contributed by atoms with Crippen LogP contribution < -0.4 is 26.0 Å². The Kier molecular flexibility index (Phi) is 12.1. The molecule has 2 bridgehead atoms. The van der Waals surface area contributed by atoms with E-state index in [2.05, 4.69) is 50.6 Å². The average molecular weight is 726 g/mol. The van der Waals surface area contributed by atoms with Gasteiger partial charge in [0.2, 0.25) is 23.6 Å². The summed E-state index contributed by atoms with van der Waals surface area (Å²) < 4.78 is 8.98. The lowest BCUT2D eigenvalue weighted by Crippen LogP contribution is -2.54. The first kappa shape index (κ1) is 37.1. The molecule has 2 aromatic heterocycles. The van der Waals surface area contributed by atoms with Crippen LogP contribution in [0.25, 0.3) is 0 Å². The highest BCUT2D eigenvalue weighted by Gasteiger charge is 2.31. The Hall–Kier alpha value is -5.67. The van der Waals surface area contributed by atoms with Crippen LogP contribution >= 0.6 is 0 Å². The second-order valence-corrected chi connectivity index (χ2v) is 14.4. The lowest BCUT2D eigenvalue weighted by Gasteiger charge is -2.25. The Bertz CT molecular complexity index is 1840. The molecule has 4 amide bonds. The van der Waals surface area contributed by atoms with Crippen molar-refractivity contribution >= 4 is 23.6 Å². The molecule has 0 saturated heterocycles. The molecule has 4 aromatic rings. The first-order chi connectivity index (χ1) is 25.6. The van der Waals surface area contributed by atoms with E-state index < -0.39 is 35.8 Å². The SMILES string of the molecule is CC(C)C[C@H]1COc2ccc(cc2)C[C@H](NC(=O)Cn2cnnn2)C(=O)N[C@H](C)C(=O)N[C@H](Cc2ccccc2)c2nc(CC3CC3)nn2CC(=O)N1. The number of nitrogens with one attached hydrogen (secondary N) is 4. The summed E-state index contributed by atoms with van der Waals surface area (Å²) in [6.45, 7) is 5.70. The Morgan fingerprint density at radius 3 is 2.45 bits per heavy atom. The minimum atomic E-state index is -1.02. The first-order valence-electron chi connectivity index (χ1n) is 18.2. The lowest BCUT2D eigenvalue weighted by atomic mass is 10.0. The van der Waals surface area contributed by atoms with Gasteiger partial charge in [-0.15, -0.1) is 5.10 Å². The van der Waals surface area contributed by atoms with Crippen molar-refractivity contribution in [3.05, 3.63) is 83.7 Å². The molecule has 2 aliphatic heterocycles. The maximum Gasteiger partial charge on any atom is 0.243 e. The van der Waals surface area contributed by atoms with Crippen LogP contribution in [0.15, 0.2) is 60.9 Å². The summed E-state index contributed by atoms with van der Waals surface area (Å²) in [5, 5.41) is 27.4. The van der Waals surface area contributed by atoms with Crippen LogP contribution in [0, 0.1) is 11.8 Å². The van der Waals surface area contributed by atoms with E-state index in [1.165, 1.54) is 11.0 Å². The lowest BCUT2D eigenvalue weighted by molar-refractivity contribution is -0.132. The fraction of sp³-hybridized carbons (Fsp3) is 0.486. The van der Waals surface area contributed by atoms with Gasteiger partial charge in [0.25, 0.3) is 0 Å². The van der Waals surface area contributed by atoms with Crippen LogP contribution in [0.3, 0.4) is 0 Å². The maximum atomic E-state index is 13.9. The van der Waals surface area contributed by atoms with Crippen LogP contribution in [0.4, 0.5) is 0 Å². The van der Waals surface area contributed by atoms with E-state index in [0.717, 1.165) is 24.0 Å². The van der Waals surface area contributed by atoms with Gasteiger partial charge in [-0.05, 0) is 78.1 Å². The standard InChI is InChI=1S/C37H47N11O5/c1-23(2)15-28-21-53-29-13-11-26(12-14-29)17-31(41-33(49)19-47-22-38-45-46-47)37(52)39-24(3)36(51)42-30(16-25-7-5-4-6-8-25)35-43-32(18-27-9-10-27)44-48(35)20-34(50)40-28/h4-8,11-14,22-24,27-28,30-31H,9-10,15-21H2,1-3H3,(H,39,52)(H,40,50)(H,41,49)(H,42,51)/t24-,28+,30-,31+/m1/s1. The number of fused-ring (bicyclic) bond motifs is 14. The molecule has 16 nitrogen and oxygen atoms in total. The molecule has 0 spiro atoms. The van der Waals surface area contributed by atoms with Crippen LogP contribution in [0.5, 0.6) is 5.75 Å². The summed E-state index contributed by atoms with van der Waals surface area (Å²) in [5.41, 5.74) is 1.69. The molecule has 2 aromatic carbocycles. The van der Waals surface area contributed by atoms with Crippen molar-refractivity contribution in [3.8, 4) is 5.75 Å². The highest BCUT2D eigenvalue weighted by atomic mass is 16.5. The van der Waals surface area contributed by atoms with E-state index in [1.54, 1.807) is 23.7 Å². The van der Waals surface area contributed by atoms with Crippen molar-refractivity contribution in [2.45, 2.75) is 96.6 Å². The molecule has 0 radical (unpaired) electrons. The molecule has 4 atom stereocenters. The molecular weight excluding hydrogens is 678 g/mol. The average Bonchev–Trinajstić information content (AvgIpc) is 3.62. The Morgan fingerprint density at radius 2 is 1.75 bits per heavy atom. The minimum Gasteiger partial charge on any atom is -0.491 e. The van der Waals surface area contributed by atoms with E-state index in [0.29, 0.717) is 42.6 Å². The molecule has 1 aliphatic carbocycles. The number of ether oxygens (including phenoxy) is 1. The number of carbonyl (C=O) groups excluding carboxylic acids is 4. The summed E-state index contributed by atoms with van der Waals surface area (Å²) in [6.07, 6.45) is 5.38. The van der Waals surface area contributed by atoms with Crippen molar-refractivity contribution in [2.24, 2.45) is 11.8 Å². The fourth-order valence-electron chi connectivity index (χ4n) is 6.33. The Labute approximate surface area is 307 Å². The molecule has 53 heavy (non-hydrogen) atoms. The monoisotopic (exact) mass is 725 g/mol. The summed E-state index contributed by atoms with van der Waals surface area (Å²) in [6, 6.07) is 13.9. The molecule has 16 heteroatoms. The third-order valence-corrected chi connectivity index (χ3v) is 9.15. The molecule has 3 aliphatic rings. The number of aromatic nitrogens is 7. The third-order valence-electron chi connectivity index (χ3n) is 9.15. The van der Waals surface area contributed by atoms with Crippen molar-refractivity contribution in [1.82, 2.24) is 56.2 Å². The van der Waals surface area contributed by atoms with Crippen LogP contribution in [0.1, 0.15) is 68.9 Å². The van der Waals surface area contributed by atoms with Gasteiger partial charge in [0.15, 0.2) is 11.6 Å². The largest absolute Gasteiger partial charge is 0.491 e. The third kappa shape index (κ3) is 10.9. The van der Waals surface area contributed by atoms with E-state index in [1.807, 2.05) is 42.5 Å². The van der Waals surface area contributed by atoms with E-state index in [-0.39, 0.29) is 44.0 Å². The second-order valence-electron chi connectivity index (χ2n) is 14.4. The maximum absolute atomic E-state index is 13.9. The quantitative estimate of drug-likeness (QED) is 0.196. The fourth-order valence-corrected chi connectivity index (χ4v) is 6.33. The molecule has 7 rings (SSSR count). The van der Waals surface area contributed by atoms with Crippen molar-refractivity contribution < 1.29 is 23.9 Å². The van der Waals surface area contributed by atoms with Gasteiger partial charge in [-0.1, -0.05) is 56.3 Å². The van der Waals surface area contributed by atoms with Gasteiger partial charge in [-0.2, -0.15) is 5.10 Å². The number of rotatable bonds is 9. The summed E-state index contributed by atoms with van der Waals surface area (Å²) in [4.78, 5) is 59.2. The Morgan fingerprint density at radius 1 is 0.981 bits per heavy atom. The number of hydrogen-bond acceptors (Lipinski definition) is 10. The van der Waals surface area contributed by atoms with Gasteiger partial charge in [-0.3, -0.25) is 19.2 Å². The van der Waals surface area contributed by atoms with Gasteiger partial charge in [0.05, 0.1) is 12.1 Å². The van der Waals surface area contributed by atoms with Crippen LogP contribution in [-0.2, 0) is 51.5 Å². The number of tetrazole rings is 1. The molecule has 0 unspecified atom stereocenters. The molecule has 1 saturated carbocycles. The topological polar surface area (TPSA) is 200 Å². The molecular formula is C37H47N11O5. The van der Waals surface area contributed by atoms with Gasteiger partial charge in [-0.25, -0.2) is 14.3 Å².